The number of hydrogen-bond acceptors (Lipinski definition) is 2. The normalized spacial score (nSPS) is 10.3. The fourth-order valence-corrected chi connectivity index (χ4v) is 2.44. The number of nitrogens with zero attached hydrogens (tertiary/aromatic N) is 1. The minimum atomic E-state index is -0.160. The van der Waals surface area contributed by atoms with Gasteiger partial charge in [-0.05, 0) is 49.0 Å². The molecule has 0 heterocycles. The van der Waals surface area contributed by atoms with Gasteiger partial charge in [0, 0.05) is 18.7 Å². The van der Waals surface area contributed by atoms with E-state index in [2.05, 4.69) is 5.32 Å². The second-order valence-electron chi connectivity index (χ2n) is 4.49. The lowest BCUT2D eigenvalue weighted by atomic mass is 10.1. The Labute approximate surface area is 124 Å². The van der Waals surface area contributed by atoms with Crippen LogP contribution in [0.15, 0.2) is 42.5 Å². The van der Waals surface area contributed by atoms with E-state index in [1.165, 1.54) is 0 Å². The minimum absolute atomic E-state index is 0.160. The van der Waals surface area contributed by atoms with Crippen LogP contribution < -0.4 is 5.32 Å². The van der Waals surface area contributed by atoms with E-state index >= 15 is 0 Å². The first kappa shape index (κ1) is 14.5. The van der Waals surface area contributed by atoms with E-state index in [0.717, 1.165) is 23.9 Å². The van der Waals surface area contributed by atoms with Crippen molar-refractivity contribution in [1.29, 1.82) is 0 Å². The van der Waals surface area contributed by atoms with Crippen molar-refractivity contribution in [3.63, 3.8) is 0 Å². The van der Waals surface area contributed by atoms with Gasteiger partial charge in [0.25, 0.3) is 5.91 Å². The molecule has 0 saturated heterocycles. The molecule has 1 amide bonds. The fourth-order valence-electron chi connectivity index (χ4n) is 2.09. The number of amides is 1. The van der Waals surface area contributed by atoms with Crippen molar-refractivity contribution in [2.75, 3.05) is 13.1 Å². The number of nitrogens with one attached hydrogen (secondary N) is 1. The highest BCUT2D eigenvalue weighted by molar-refractivity contribution is 7.80. The smallest absolute Gasteiger partial charge is 0.257 e. The summed E-state index contributed by atoms with van der Waals surface area (Å²) in [4.78, 5) is 14.1. The van der Waals surface area contributed by atoms with Crippen LogP contribution in [0.1, 0.15) is 24.2 Å². The first-order valence-electron chi connectivity index (χ1n) is 6.74. The Bertz CT molecular complexity index is 635. The van der Waals surface area contributed by atoms with Crippen LogP contribution in [0.3, 0.4) is 0 Å². The van der Waals surface area contributed by atoms with E-state index in [-0.39, 0.29) is 5.91 Å². The molecule has 0 atom stereocenters. The number of carbonyl (C=O) groups excluding carboxylic acids is 1. The Morgan fingerprint density at radius 2 is 1.75 bits per heavy atom. The number of fused-ring (bicyclic) bond motifs is 1. The van der Waals surface area contributed by atoms with Gasteiger partial charge in [0.05, 0.1) is 0 Å². The average molecular weight is 286 g/mol. The van der Waals surface area contributed by atoms with Crippen LogP contribution in [-0.2, 0) is 0 Å². The van der Waals surface area contributed by atoms with Crippen molar-refractivity contribution >= 4 is 34.0 Å². The number of carbonyl (C=O) groups is 1. The lowest BCUT2D eigenvalue weighted by Crippen LogP contribution is -2.42. The molecule has 0 aliphatic carbocycles. The zero-order chi connectivity index (χ0) is 14.5. The molecule has 0 radical (unpaired) electrons. The summed E-state index contributed by atoms with van der Waals surface area (Å²) >= 11 is 5.24. The predicted molar refractivity (Wildman–Crippen MR) is 86.9 cm³/mol. The van der Waals surface area contributed by atoms with Crippen molar-refractivity contribution in [3.8, 4) is 0 Å². The van der Waals surface area contributed by atoms with Crippen LogP contribution in [0.4, 0.5) is 0 Å². The maximum atomic E-state index is 12.2. The maximum absolute atomic E-state index is 12.2. The van der Waals surface area contributed by atoms with Crippen molar-refractivity contribution in [3.05, 3.63) is 48.0 Å². The Morgan fingerprint density at radius 3 is 2.40 bits per heavy atom. The summed E-state index contributed by atoms with van der Waals surface area (Å²) in [6.07, 6.45) is 0. The van der Waals surface area contributed by atoms with E-state index < -0.39 is 0 Å². The largest absolute Gasteiger partial charge is 0.350 e. The highest BCUT2D eigenvalue weighted by atomic mass is 32.1. The molecule has 0 bridgehead atoms. The molecule has 104 valence electrons. The molecule has 2 aromatic rings. The first-order valence-corrected chi connectivity index (χ1v) is 7.15. The second kappa shape index (κ2) is 6.48. The molecule has 1 N–H and O–H groups in total. The summed E-state index contributed by atoms with van der Waals surface area (Å²) in [7, 11) is 0. The summed E-state index contributed by atoms with van der Waals surface area (Å²) in [5.41, 5.74) is 0.623. The van der Waals surface area contributed by atoms with Crippen molar-refractivity contribution in [2.24, 2.45) is 0 Å². The average Bonchev–Trinajstić information content (AvgIpc) is 2.48. The number of rotatable bonds is 3. The summed E-state index contributed by atoms with van der Waals surface area (Å²) < 4.78 is 0. The molecule has 2 aromatic carbocycles. The third kappa shape index (κ3) is 3.14. The van der Waals surface area contributed by atoms with E-state index in [1.807, 2.05) is 61.2 Å². The minimum Gasteiger partial charge on any atom is -0.350 e. The number of thiocarbonyl (C=S) groups is 1. The molecule has 0 fully saturated rings. The van der Waals surface area contributed by atoms with Gasteiger partial charge in [-0.15, -0.1) is 0 Å². The van der Waals surface area contributed by atoms with E-state index in [9.17, 15) is 4.79 Å². The molecular weight excluding hydrogens is 268 g/mol. The lowest BCUT2D eigenvalue weighted by Gasteiger charge is -2.21. The van der Waals surface area contributed by atoms with Gasteiger partial charge in [0.15, 0.2) is 5.11 Å². The van der Waals surface area contributed by atoms with E-state index in [4.69, 9.17) is 12.2 Å². The Morgan fingerprint density at radius 1 is 1.10 bits per heavy atom. The third-order valence-corrected chi connectivity index (χ3v) is 3.64. The van der Waals surface area contributed by atoms with Crippen molar-refractivity contribution in [2.45, 2.75) is 13.8 Å². The first-order chi connectivity index (χ1) is 9.65. The zero-order valence-electron chi connectivity index (χ0n) is 11.7. The topological polar surface area (TPSA) is 32.3 Å². The molecule has 3 nitrogen and oxygen atoms in total. The summed E-state index contributed by atoms with van der Waals surface area (Å²) in [6.45, 7) is 5.59. The molecule has 0 aliphatic rings. The third-order valence-electron chi connectivity index (χ3n) is 3.28. The molecule has 0 unspecified atom stereocenters. The second-order valence-corrected chi connectivity index (χ2v) is 4.88. The van der Waals surface area contributed by atoms with Gasteiger partial charge in [-0.25, -0.2) is 0 Å². The van der Waals surface area contributed by atoms with Gasteiger partial charge in [-0.2, -0.15) is 0 Å². The monoisotopic (exact) mass is 286 g/mol. The van der Waals surface area contributed by atoms with Crippen LogP contribution in [0.5, 0.6) is 0 Å². The Balaban J connectivity index is 2.17. The fraction of sp³-hybridized carbons (Fsp3) is 0.250. The SMILES string of the molecule is CCN(CC)C(=S)NC(=O)c1ccc2ccccc2c1. The van der Waals surface area contributed by atoms with Gasteiger partial charge in [-0.3, -0.25) is 10.1 Å². The highest BCUT2D eigenvalue weighted by Crippen LogP contribution is 2.15. The van der Waals surface area contributed by atoms with Crippen molar-refractivity contribution in [1.82, 2.24) is 10.2 Å². The summed E-state index contributed by atoms with van der Waals surface area (Å²) in [5.74, 6) is -0.160. The van der Waals surface area contributed by atoms with Gasteiger partial charge in [0.1, 0.15) is 0 Å². The molecule has 0 aromatic heterocycles. The Hall–Kier alpha value is -1.94. The molecule has 2 rings (SSSR count). The Kier molecular flexibility index (Phi) is 4.69. The molecule has 0 aliphatic heterocycles. The van der Waals surface area contributed by atoms with Crippen LogP contribution in [-0.4, -0.2) is 29.0 Å². The van der Waals surface area contributed by atoms with Crippen molar-refractivity contribution < 1.29 is 4.79 Å². The summed E-state index contributed by atoms with van der Waals surface area (Å²) in [6, 6.07) is 13.6. The molecule has 4 heteroatoms. The standard InChI is InChI=1S/C16H18N2OS/c1-3-18(4-2)16(20)17-15(19)14-10-9-12-7-5-6-8-13(12)11-14/h5-11H,3-4H2,1-2H3,(H,17,19,20). The van der Waals surface area contributed by atoms with Crippen LogP contribution in [0, 0.1) is 0 Å². The van der Waals surface area contributed by atoms with Gasteiger partial charge in [0.2, 0.25) is 0 Å². The van der Waals surface area contributed by atoms with Gasteiger partial charge in [-0.1, -0.05) is 30.3 Å². The van der Waals surface area contributed by atoms with Crippen LogP contribution in [0.25, 0.3) is 10.8 Å². The van der Waals surface area contributed by atoms with E-state index in [0.29, 0.717) is 10.7 Å². The van der Waals surface area contributed by atoms with Crippen LogP contribution in [0.2, 0.25) is 0 Å². The summed E-state index contributed by atoms with van der Waals surface area (Å²) in [5, 5.41) is 5.43. The quantitative estimate of drug-likeness (QED) is 0.879. The van der Waals surface area contributed by atoms with Crippen LogP contribution >= 0.6 is 12.2 Å². The van der Waals surface area contributed by atoms with E-state index in [1.54, 1.807) is 0 Å². The highest BCUT2D eigenvalue weighted by Gasteiger charge is 2.11. The predicted octanol–water partition coefficient (Wildman–Crippen LogP) is 3.20. The molecular formula is C16H18N2OS. The molecule has 0 spiro atoms. The number of benzene rings is 2. The number of hydrogen-bond donors (Lipinski definition) is 1. The maximum Gasteiger partial charge on any atom is 0.257 e. The molecule has 0 saturated carbocycles. The lowest BCUT2D eigenvalue weighted by molar-refractivity contribution is 0.0973. The zero-order valence-corrected chi connectivity index (χ0v) is 12.5. The van der Waals surface area contributed by atoms with Gasteiger partial charge < -0.3 is 4.90 Å². The molecule has 20 heavy (non-hydrogen) atoms. The van der Waals surface area contributed by atoms with Gasteiger partial charge >= 0.3 is 0 Å².